The third kappa shape index (κ3) is 4.19. The lowest BCUT2D eigenvalue weighted by molar-refractivity contribution is -0.138. The number of likely N-dealkylation sites (tertiary alicyclic amines) is 2. The van der Waals surface area contributed by atoms with Gasteiger partial charge in [0.2, 0.25) is 5.91 Å². The maximum atomic E-state index is 12.7. The molecule has 2 aliphatic rings. The van der Waals surface area contributed by atoms with Crippen molar-refractivity contribution in [1.82, 2.24) is 15.1 Å². The molecule has 2 heterocycles. The number of amides is 1. The van der Waals surface area contributed by atoms with Gasteiger partial charge in [-0.1, -0.05) is 12.8 Å². The summed E-state index contributed by atoms with van der Waals surface area (Å²) in [5.41, 5.74) is 0. The molecule has 0 bridgehead atoms. The molecule has 0 radical (unpaired) electrons. The minimum Gasteiger partial charge on any atom is -0.341 e. The summed E-state index contributed by atoms with van der Waals surface area (Å²) in [4.78, 5) is 17.2. The SMILES string of the molecule is CNCC1CCCN(C(=O)C(C)N2CCCCCC2)C1. The molecule has 0 aromatic heterocycles. The maximum absolute atomic E-state index is 12.7. The lowest BCUT2D eigenvalue weighted by Crippen LogP contribution is -2.51. The van der Waals surface area contributed by atoms with Crippen LogP contribution in [0.25, 0.3) is 0 Å². The Kier molecular flexibility index (Phi) is 6.30. The molecule has 2 aliphatic heterocycles. The molecular weight excluding hydrogens is 250 g/mol. The zero-order valence-electron chi connectivity index (χ0n) is 13.2. The Bertz CT molecular complexity index is 298. The van der Waals surface area contributed by atoms with Crippen LogP contribution in [0.5, 0.6) is 0 Å². The number of nitrogens with one attached hydrogen (secondary N) is 1. The predicted octanol–water partition coefficient (Wildman–Crippen LogP) is 1.71. The highest BCUT2D eigenvalue weighted by atomic mass is 16.2. The van der Waals surface area contributed by atoms with Crippen LogP contribution in [-0.2, 0) is 4.79 Å². The van der Waals surface area contributed by atoms with E-state index in [4.69, 9.17) is 0 Å². The van der Waals surface area contributed by atoms with Crippen LogP contribution in [0.15, 0.2) is 0 Å². The molecule has 0 aromatic rings. The first kappa shape index (κ1) is 15.8. The summed E-state index contributed by atoms with van der Waals surface area (Å²) in [5.74, 6) is 0.988. The van der Waals surface area contributed by atoms with Gasteiger partial charge in [0.1, 0.15) is 0 Å². The Balaban J connectivity index is 1.88. The molecule has 2 saturated heterocycles. The summed E-state index contributed by atoms with van der Waals surface area (Å²) in [7, 11) is 2.00. The van der Waals surface area contributed by atoms with Gasteiger partial charge in [-0.25, -0.2) is 0 Å². The van der Waals surface area contributed by atoms with Gasteiger partial charge in [-0.2, -0.15) is 0 Å². The fraction of sp³-hybridized carbons (Fsp3) is 0.938. The first-order valence-corrected chi connectivity index (χ1v) is 8.40. The van der Waals surface area contributed by atoms with Gasteiger partial charge in [-0.15, -0.1) is 0 Å². The number of carbonyl (C=O) groups is 1. The second-order valence-electron chi connectivity index (χ2n) is 6.48. The number of hydrogen-bond donors (Lipinski definition) is 1. The summed E-state index contributed by atoms with van der Waals surface area (Å²) >= 11 is 0. The summed E-state index contributed by atoms with van der Waals surface area (Å²) in [6.45, 7) is 7.23. The highest BCUT2D eigenvalue weighted by Gasteiger charge is 2.29. The van der Waals surface area contributed by atoms with E-state index in [9.17, 15) is 4.79 Å². The van der Waals surface area contributed by atoms with E-state index < -0.39 is 0 Å². The first-order valence-electron chi connectivity index (χ1n) is 8.40. The van der Waals surface area contributed by atoms with Gasteiger partial charge in [-0.05, 0) is 65.2 Å². The molecule has 0 spiro atoms. The Morgan fingerprint density at radius 3 is 2.50 bits per heavy atom. The summed E-state index contributed by atoms with van der Waals surface area (Å²) in [6, 6.07) is 0.0708. The van der Waals surface area contributed by atoms with Crippen LogP contribution in [-0.4, -0.2) is 61.5 Å². The van der Waals surface area contributed by atoms with E-state index in [0.717, 1.165) is 39.1 Å². The average Bonchev–Trinajstić information content (AvgIpc) is 2.75. The molecule has 0 saturated carbocycles. The van der Waals surface area contributed by atoms with Crippen LogP contribution in [0.4, 0.5) is 0 Å². The lowest BCUT2D eigenvalue weighted by Gasteiger charge is -2.37. The van der Waals surface area contributed by atoms with Gasteiger partial charge in [0, 0.05) is 13.1 Å². The summed E-state index contributed by atoms with van der Waals surface area (Å²) in [5, 5.41) is 3.25. The Morgan fingerprint density at radius 1 is 1.15 bits per heavy atom. The highest BCUT2D eigenvalue weighted by Crippen LogP contribution is 2.19. The standard InChI is InChI=1S/C16H31N3O/c1-14(18-9-5-3-4-6-10-18)16(20)19-11-7-8-15(13-19)12-17-2/h14-15,17H,3-13H2,1-2H3. The van der Waals surface area contributed by atoms with Gasteiger partial charge < -0.3 is 10.2 Å². The normalized spacial score (nSPS) is 27.1. The lowest BCUT2D eigenvalue weighted by atomic mass is 9.97. The third-order valence-electron chi connectivity index (χ3n) is 4.87. The zero-order chi connectivity index (χ0) is 14.4. The number of hydrogen-bond acceptors (Lipinski definition) is 3. The van der Waals surface area contributed by atoms with E-state index in [1.807, 2.05) is 7.05 Å². The van der Waals surface area contributed by atoms with E-state index in [-0.39, 0.29) is 6.04 Å². The molecule has 1 N–H and O–H groups in total. The number of rotatable bonds is 4. The van der Waals surface area contributed by atoms with E-state index in [1.54, 1.807) is 0 Å². The molecule has 2 rings (SSSR count). The number of nitrogens with zero attached hydrogens (tertiary/aromatic N) is 2. The molecule has 2 fully saturated rings. The smallest absolute Gasteiger partial charge is 0.239 e. The highest BCUT2D eigenvalue weighted by molar-refractivity contribution is 5.81. The van der Waals surface area contributed by atoms with Crippen molar-refractivity contribution in [3.8, 4) is 0 Å². The van der Waals surface area contributed by atoms with Gasteiger partial charge in [0.15, 0.2) is 0 Å². The molecule has 2 unspecified atom stereocenters. The fourth-order valence-corrected chi connectivity index (χ4v) is 3.62. The largest absolute Gasteiger partial charge is 0.341 e. The van der Waals surface area contributed by atoms with Crippen LogP contribution in [0.1, 0.15) is 45.4 Å². The van der Waals surface area contributed by atoms with Crippen LogP contribution < -0.4 is 5.32 Å². The number of piperidine rings is 1. The molecule has 116 valence electrons. The van der Waals surface area contributed by atoms with Crippen LogP contribution >= 0.6 is 0 Å². The molecule has 4 heteroatoms. The Morgan fingerprint density at radius 2 is 1.85 bits per heavy atom. The van der Waals surface area contributed by atoms with Crippen molar-refractivity contribution in [3.05, 3.63) is 0 Å². The van der Waals surface area contributed by atoms with E-state index >= 15 is 0 Å². The van der Waals surface area contributed by atoms with Crippen molar-refractivity contribution in [1.29, 1.82) is 0 Å². The maximum Gasteiger partial charge on any atom is 0.239 e. The molecule has 0 aromatic carbocycles. The van der Waals surface area contributed by atoms with E-state index in [2.05, 4.69) is 22.0 Å². The van der Waals surface area contributed by atoms with Gasteiger partial charge in [0.25, 0.3) is 0 Å². The predicted molar refractivity (Wildman–Crippen MR) is 82.7 cm³/mol. The topological polar surface area (TPSA) is 35.6 Å². The van der Waals surface area contributed by atoms with Gasteiger partial charge >= 0.3 is 0 Å². The third-order valence-corrected chi connectivity index (χ3v) is 4.87. The summed E-state index contributed by atoms with van der Waals surface area (Å²) in [6.07, 6.45) is 7.56. The van der Waals surface area contributed by atoms with Gasteiger partial charge in [0.05, 0.1) is 6.04 Å². The van der Waals surface area contributed by atoms with Crippen molar-refractivity contribution < 1.29 is 4.79 Å². The van der Waals surface area contributed by atoms with Crippen LogP contribution in [0, 0.1) is 5.92 Å². The fourth-order valence-electron chi connectivity index (χ4n) is 3.62. The monoisotopic (exact) mass is 281 g/mol. The van der Waals surface area contributed by atoms with Crippen LogP contribution in [0.3, 0.4) is 0 Å². The Hall–Kier alpha value is -0.610. The minimum atomic E-state index is 0.0708. The van der Waals surface area contributed by atoms with Gasteiger partial charge in [-0.3, -0.25) is 9.69 Å². The van der Waals surface area contributed by atoms with E-state index in [1.165, 1.54) is 32.1 Å². The molecule has 4 nitrogen and oxygen atoms in total. The van der Waals surface area contributed by atoms with Crippen molar-refractivity contribution >= 4 is 5.91 Å². The average molecular weight is 281 g/mol. The quantitative estimate of drug-likeness (QED) is 0.852. The second-order valence-corrected chi connectivity index (χ2v) is 6.48. The molecule has 0 aliphatic carbocycles. The first-order chi connectivity index (χ1) is 9.72. The molecule has 2 atom stereocenters. The van der Waals surface area contributed by atoms with Crippen molar-refractivity contribution in [2.45, 2.75) is 51.5 Å². The van der Waals surface area contributed by atoms with Crippen molar-refractivity contribution in [2.75, 3.05) is 39.8 Å². The molecule has 1 amide bonds. The zero-order valence-corrected chi connectivity index (χ0v) is 13.2. The molecule has 20 heavy (non-hydrogen) atoms. The minimum absolute atomic E-state index is 0.0708. The Labute approximate surface area is 123 Å². The van der Waals surface area contributed by atoms with E-state index in [0.29, 0.717) is 11.8 Å². The summed E-state index contributed by atoms with van der Waals surface area (Å²) < 4.78 is 0. The van der Waals surface area contributed by atoms with Crippen molar-refractivity contribution in [2.24, 2.45) is 5.92 Å². The van der Waals surface area contributed by atoms with Crippen LogP contribution in [0.2, 0.25) is 0 Å². The molecular formula is C16H31N3O. The van der Waals surface area contributed by atoms with Crippen molar-refractivity contribution in [3.63, 3.8) is 0 Å². The number of carbonyl (C=O) groups excluding carboxylic acids is 1. The second kappa shape index (κ2) is 7.99.